The molecule has 0 aliphatic heterocycles. The molecule has 0 saturated heterocycles. The second kappa shape index (κ2) is 6.62. The predicted octanol–water partition coefficient (Wildman–Crippen LogP) is 5.26. The Morgan fingerprint density at radius 2 is 1.35 bits per heavy atom. The molecule has 0 heterocycles. The van der Waals surface area contributed by atoms with Gasteiger partial charge in [0, 0.05) is 17.8 Å². The Morgan fingerprint density at radius 1 is 0.696 bits per heavy atom. The van der Waals surface area contributed by atoms with Crippen LogP contribution in [0, 0.1) is 0 Å². The first-order valence-corrected chi connectivity index (χ1v) is 7.07. The summed E-state index contributed by atoms with van der Waals surface area (Å²) in [6, 6.07) is 21.3. The summed E-state index contributed by atoms with van der Waals surface area (Å²) in [5.41, 5.74) is 2.07. The van der Waals surface area contributed by atoms with Crippen LogP contribution in [-0.4, -0.2) is 10.2 Å². The van der Waals surface area contributed by atoms with Crippen LogP contribution < -0.4 is 5.32 Å². The molecule has 0 unspecified atom stereocenters. The SMILES string of the molecule is Oc1cc(Nc2ccccc2)c(O)cc1N=Nc1ccccc1. The van der Waals surface area contributed by atoms with Gasteiger partial charge in [-0.1, -0.05) is 36.4 Å². The van der Waals surface area contributed by atoms with E-state index >= 15 is 0 Å². The van der Waals surface area contributed by atoms with Gasteiger partial charge >= 0.3 is 0 Å². The van der Waals surface area contributed by atoms with Crippen LogP contribution >= 0.6 is 0 Å². The number of rotatable bonds is 4. The smallest absolute Gasteiger partial charge is 0.145 e. The lowest BCUT2D eigenvalue weighted by Gasteiger charge is -2.10. The van der Waals surface area contributed by atoms with Crippen molar-refractivity contribution in [1.82, 2.24) is 0 Å². The molecule has 0 aliphatic rings. The molecular formula is C18H15N3O2. The van der Waals surface area contributed by atoms with Crippen LogP contribution in [0.1, 0.15) is 0 Å². The summed E-state index contributed by atoms with van der Waals surface area (Å²) in [6.07, 6.45) is 0. The molecule has 3 aromatic rings. The Kier molecular flexibility index (Phi) is 4.20. The number of phenols is 2. The second-order valence-electron chi connectivity index (χ2n) is 4.88. The molecule has 0 atom stereocenters. The number of aromatic hydroxyl groups is 2. The van der Waals surface area contributed by atoms with Gasteiger partial charge in [0.15, 0.2) is 0 Å². The van der Waals surface area contributed by atoms with Gasteiger partial charge in [-0.05, 0) is 24.3 Å². The Hall–Kier alpha value is -3.34. The summed E-state index contributed by atoms with van der Waals surface area (Å²) in [5, 5.41) is 31.2. The van der Waals surface area contributed by atoms with E-state index < -0.39 is 0 Å². The Labute approximate surface area is 133 Å². The molecule has 0 aliphatic carbocycles. The van der Waals surface area contributed by atoms with Crippen molar-refractivity contribution in [2.24, 2.45) is 10.2 Å². The van der Waals surface area contributed by atoms with E-state index in [1.165, 1.54) is 12.1 Å². The van der Waals surface area contributed by atoms with Crippen molar-refractivity contribution < 1.29 is 10.2 Å². The number of nitrogens with zero attached hydrogens (tertiary/aromatic N) is 2. The van der Waals surface area contributed by atoms with Crippen LogP contribution in [-0.2, 0) is 0 Å². The lowest BCUT2D eigenvalue weighted by atomic mass is 10.2. The molecule has 0 aromatic heterocycles. The number of nitrogens with one attached hydrogen (secondary N) is 1. The van der Waals surface area contributed by atoms with Gasteiger partial charge in [-0.25, -0.2) is 0 Å². The maximum absolute atomic E-state index is 10.1. The van der Waals surface area contributed by atoms with E-state index in [-0.39, 0.29) is 17.2 Å². The van der Waals surface area contributed by atoms with E-state index in [9.17, 15) is 10.2 Å². The van der Waals surface area contributed by atoms with E-state index in [0.717, 1.165) is 5.69 Å². The molecule has 0 amide bonds. The fourth-order valence-corrected chi connectivity index (χ4v) is 2.03. The molecule has 5 heteroatoms. The van der Waals surface area contributed by atoms with Crippen LogP contribution in [0.25, 0.3) is 0 Å². The standard InChI is InChI=1S/C18H15N3O2/c22-17-12-16(21-20-14-9-5-2-6-10-14)18(23)11-15(17)19-13-7-3-1-4-8-13/h1-12,19,22-23H. The molecule has 0 saturated carbocycles. The minimum absolute atomic E-state index is 0.0198. The quantitative estimate of drug-likeness (QED) is 0.349. The van der Waals surface area contributed by atoms with E-state index in [0.29, 0.717) is 11.4 Å². The number of anilines is 2. The summed E-state index contributed by atoms with van der Waals surface area (Å²) in [6.45, 7) is 0. The minimum atomic E-state index is -0.0686. The molecular weight excluding hydrogens is 290 g/mol. The number of azo groups is 1. The van der Waals surface area contributed by atoms with E-state index in [1.807, 2.05) is 48.5 Å². The third kappa shape index (κ3) is 3.65. The average Bonchev–Trinajstić information content (AvgIpc) is 2.58. The fraction of sp³-hybridized carbons (Fsp3) is 0. The van der Waals surface area contributed by atoms with Gasteiger partial charge < -0.3 is 15.5 Å². The Balaban J connectivity index is 1.84. The van der Waals surface area contributed by atoms with Crippen molar-refractivity contribution in [2.45, 2.75) is 0 Å². The first-order valence-electron chi connectivity index (χ1n) is 7.07. The van der Waals surface area contributed by atoms with Crippen LogP contribution in [0.5, 0.6) is 11.5 Å². The summed E-state index contributed by atoms with van der Waals surface area (Å²) in [7, 11) is 0. The van der Waals surface area contributed by atoms with Gasteiger partial charge in [-0.15, -0.1) is 5.11 Å². The molecule has 3 N–H and O–H groups in total. The summed E-state index contributed by atoms with van der Waals surface area (Å²) in [4.78, 5) is 0. The topological polar surface area (TPSA) is 77.2 Å². The van der Waals surface area contributed by atoms with Gasteiger partial charge in [0.1, 0.15) is 17.2 Å². The number of benzene rings is 3. The van der Waals surface area contributed by atoms with E-state index in [1.54, 1.807) is 12.1 Å². The minimum Gasteiger partial charge on any atom is -0.506 e. The second-order valence-corrected chi connectivity index (χ2v) is 4.88. The normalized spacial score (nSPS) is 10.8. The van der Waals surface area contributed by atoms with E-state index in [4.69, 9.17) is 0 Å². The third-order valence-electron chi connectivity index (χ3n) is 3.18. The predicted molar refractivity (Wildman–Crippen MR) is 90.1 cm³/mol. The van der Waals surface area contributed by atoms with E-state index in [2.05, 4.69) is 15.5 Å². The largest absolute Gasteiger partial charge is 0.506 e. The maximum Gasteiger partial charge on any atom is 0.145 e. The monoisotopic (exact) mass is 305 g/mol. The lowest BCUT2D eigenvalue weighted by Crippen LogP contribution is -1.90. The van der Waals surface area contributed by atoms with Crippen molar-refractivity contribution in [2.75, 3.05) is 5.32 Å². The molecule has 0 spiro atoms. The zero-order valence-electron chi connectivity index (χ0n) is 12.2. The summed E-state index contributed by atoms with van der Waals surface area (Å²) >= 11 is 0. The van der Waals surface area contributed by atoms with Crippen molar-refractivity contribution in [3.05, 3.63) is 72.8 Å². The third-order valence-corrected chi connectivity index (χ3v) is 3.18. The van der Waals surface area contributed by atoms with Gasteiger partial charge in [0.2, 0.25) is 0 Å². The van der Waals surface area contributed by atoms with Gasteiger partial charge in [0.25, 0.3) is 0 Å². The number of hydrogen-bond acceptors (Lipinski definition) is 5. The molecule has 23 heavy (non-hydrogen) atoms. The highest BCUT2D eigenvalue weighted by molar-refractivity contribution is 5.72. The van der Waals surface area contributed by atoms with Gasteiger partial charge in [-0.2, -0.15) is 5.11 Å². The summed E-state index contributed by atoms with van der Waals surface area (Å²) in [5.74, 6) is -0.0884. The van der Waals surface area contributed by atoms with Crippen LogP contribution in [0.2, 0.25) is 0 Å². The zero-order valence-corrected chi connectivity index (χ0v) is 12.2. The maximum atomic E-state index is 10.1. The molecule has 3 aromatic carbocycles. The van der Waals surface area contributed by atoms with Crippen LogP contribution in [0.3, 0.4) is 0 Å². The zero-order chi connectivity index (χ0) is 16.1. The average molecular weight is 305 g/mol. The van der Waals surface area contributed by atoms with Gasteiger partial charge in [-0.3, -0.25) is 0 Å². The van der Waals surface area contributed by atoms with Crippen LogP contribution in [0.4, 0.5) is 22.7 Å². The summed E-state index contributed by atoms with van der Waals surface area (Å²) < 4.78 is 0. The fourth-order valence-electron chi connectivity index (χ4n) is 2.03. The van der Waals surface area contributed by atoms with Crippen molar-refractivity contribution in [3.8, 4) is 11.5 Å². The molecule has 114 valence electrons. The molecule has 0 radical (unpaired) electrons. The molecule has 5 nitrogen and oxygen atoms in total. The van der Waals surface area contributed by atoms with Crippen LogP contribution in [0.15, 0.2) is 83.0 Å². The highest BCUT2D eigenvalue weighted by atomic mass is 16.3. The number of para-hydroxylation sites is 1. The highest BCUT2D eigenvalue weighted by Crippen LogP contribution is 2.38. The Morgan fingerprint density at radius 3 is 2.04 bits per heavy atom. The number of hydrogen-bond donors (Lipinski definition) is 3. The van der Waals surface area contributed by atoms with Gasteiger partial charge in [0.05, 0.1) is 11.4 Å². The molecule has 3 rings (SSSR count). The van der Waals surface area contributed by atoms with Crippen molar-refractivity contribution in [3.63, 3.8) is 0 Å². The first kappa shape index (κ1) is 14.6. The first-order chi connectivity index (χ1) is 11.2. The highest BCUT2D eigenvalue weighted by Gasteiger charge is 2.09. The van der Waals surface area contributed by atoms with Crippen molar-refractivity contribution >= 4 is 22.7 Å². The lowest BCUT2D eigenvalue weighted by molar-refractivity contribution is 0.463. The van der Waals surface area contributed by atoms with Crippen molar-refractivity contribution in [1.29, 1.82) is 0 Å². The number of phenolic OH excluding ortho intramolecular Hbond substituents is 2. The molecule has 0 fully saturated rings. The molecule has 0 bridgehead atoms. The Bertz CT molecular complexity index is 818.